The molecule has 0 aromatic heterocycles. The molecule has 0 saturated carbocycles. The molecule has 0 aliphatic rings. The Morgan fingerprint density at radius 3 is 1.03 bits per heavy atom. The summed E-state index contributed by atoms with van der Waals surface area (Å²) in [5.41, 5.74) is 0. The molecule has 2 rings (SSSR count). The zero-order chi connectivity index (χ0) is 25.2. The number of benzene rings is 2. The summed E-state index contributed by atoms with van der Waals surface area (Å²) in [6.45, 7) is 5.12. The Kier molecular flexibility index (Phi) is 9.75. The van der Waals surface area contributed by atoms with E-state index in [1.807, 2.05) is 12.1 Å². The second-order valence-corrected chi connectivity index (χ2v) is 13.8. The molecule has 10 heteroatoms. The van der Waals surface area contributed by atoms with Gasteiger partial charge in [0.15, 0.2) is 0 Å². The standard InChI is InChI=1S/C24H30O8Si2/c1-19(25)29-33(30-20(2)26,23-13-7-5-8-14-23)17-11-12-18-34(31-21(3)27,32-22(4)28)24-15-9-6-10-16-24/h5-10,13-16H,11-12,17-18H2,1-4H3. The van der Waals surface area contributed by atoms with E-state index in [0.29, 0.717) is 35.3 Å². The van der Waals surface area contributed by atoms with Crippen molar-refractivity contribution in [3.63, 3.8) is 0 Å². The van der Waals surface area contributed by atoms with Gasteiger partial charge in [-0.3, -0.25) is 19.2 Å². The minimum atomic E-state index is -3.44. The Labute approximate surface area is 201 Å². The SMILES string of the molecule is CC(=O)O[Si](CCCC[Si](OC(C)=O)(OC(C)=O)c1ccccc1)(OC(C)=O)c1ccccc1. The van der Waals surface area contributed by atoms with Crippen LogP contribution in [-0.2, 0) is 36.9 Å². The third-order valence-electron chi connectivity index (χ3n) is 4.92. The van der Waals surface area contributed by atoms with Gasteiger partial charge in [0.25, 0.3) is 23.9 Å². The summed E-state index contributed by atoms with van der Waals surface area (Å²) in [6, 6.07) is 18.5. The molecule has 0 spiro atoms. The summed E-state index contributed by atoms with van der Waals surface area (Å²) >= 11 is 0. The largest absolute Gasteiger partial charge is 0.499 e. The maximum atomic E-state index is 11.9. The van der Waals surface area contributed by atoms with Crippen molar-refractivity contribution in [3.8, 4) is 0 Å². The number of rotatable bonds is 11. The molecule has 0 aliphatic carbocycles. The summed E-state index contributed by atoms with van der Waals surface area (Å²) < 4.78 is 22.7. The average molecular weight is 503 g/mol. The minimum absolute atomic E-state index is 0.301. The third kappa shape index (κ3) is 7.67. The second kappa shape index (κ2) is 12.3. The van der Waals surface area contributed by atoms with Gasteiger partial charge < -0.3 is 17.7 Å². The van der Waals surface area contributed by atoms with E-state index in [-0.39, 0.29) is 0 Å². The predicted molar refractivity (Wildman–Crippen MR) is 130 cm³/mol. The molecule has 182 valence electrons. The monoisotopic (exact) mass is 502 g/mol. The quantitative estimate of drug-likeness (QED) is 0.341. The summed E-state index contributed by atoms with van der Waals surface area (Å²) in [7, 11) is -6.87. The fourth-order valence-electron chi connectivity index (χ4n) is 3.80. The zero-order valence-corrected chi connectivity index (χ0v) is 21.9. The molecule has 2 aromatic carbocycles. The highest BCUT2D eigenvalue weighted by Crippen LogP contribution is 2.24. The van der Waals surface area contributed by atoms with E-state index >= 15 is 0 Å². The molecule has 34 heavy (non-hydrogen) atoms. The van der Waals surface area contributed by atoms with Crippen LogP contribution in [-0.4, -0.2) is 41.0 Å². The molecule has 0 radical (unpaired) electrons. The first-order valence-corrected chi connectivity index (χ1v) is 15.0. The van der Waals surface area contributed by atoms with Crippen molar-refractivity contribution in [2.45, 2.75) is 52.6 Å². The Morgan fingerprint density at radius 2 is 0.794 bits per heavy atom. The Hall–Kier alpha value is -3.25. The minimum Gasteiger partial charge on any atom is -0.482 e. The maximum Gasteiger partial charge on any atom is 0.499 e. The van der Waals surface area contributed by atoms with Crippen molar-refractivity contribution in [1.82, 2.24) is 0 Å². The van der Waals surface area contributed by atoms with E-state index < -0.39 is 41.0 Å². The maximum absolute atomic E-state index is 11.9. The molecule has 0 saturated heterocycles. The Morgan fingerprint density at radius 1 is 0.529 bits per heavy atom. The van der Waals surface area contributed by atoms with E-state index in [1.165, 1.54) is 27.7 Å². The molecule has 0 unspecified atom stereocenters. The molecule has 0 atom stereocenters. The topological polar surface area (TPSA) is 105 Å². The van der Waals surface area contributed by atoms with Crippen molar-refractivity contribution < 1.29 is 36.9 Å². The molecule has 0 amide bonds. The fraction of sp³-hybridized carbons (Fsp3) is 0.333. The Bertz CT molecular complexity index is 881. The van der Waals surface area contributed by atoms with Crippen LogP contribution in [0.1, 0.15) is 40.5 Å². The molecule has 0 heterocycles. The van der Waals surface area contributed by atoms with Gasteiger partial charge >= 0.3 is 17.1 Å². The molecular weight excluding hydrogens is 472 g/mol. The second-order valence-electron chi connectivity index (χ2n) is 7.82. The molecular formula is C24H30O8Si2. The van der Waals surface area contributed by atoms with Crippen molar-refractivity contribution >= 4 is 51.4 Å². The smallest absolute Gasteiger partial charge is 0.482 e. The van der Waals surface area contributed by atoms with Crippen LogP contribution in [0.15, 0.2) is 60.7 Å². The summed E-state index contributed by atoms with van der Waals surface area (Å²) in [5.74, 6) is -2.15. The van der Waals surface area contributed by atoms with E-state index in [4.69, 9.17) is 17.7 Å². The van der Waals surface area contributed by atoms with Gasteiger partial charge in [-0.1, -0.05) is 60.7 Å². The molecule has 8 nitrogen and oxygen atoms in total. The lowest BCUT2D eigenvalue weighted by atomic mass is 10.4. The van der Waals surface area contributed by atoms with Gasteiger partial charge in [0.05, 0.1) is 0 Å². The van der Waals surface area contributed by atoms with E-state index in [9.17, 15) is 19.2 Å². The van der Waals surface area contributed by atoms with E-state index in [1.54, 1.807) is 48.5 Å². The van der Waals surface area contributed by atoms with Crippen LogP contribution in [0.2, 0.25) is 12.1 Å². The van der Waals surface area contributed by atoms with Crippen LogP contribution in [0.4, 0.5) is 0 Å². The van der Waals surface area contributed by atoms with Crippen molar-refractivity contribution in [2.75, 3.05) is 0 Å². The molecule has 0 bridgehead atoms. The van der Waals surface area contributed by atoms with Crippen LogP contribution in [0.3, 0.4) is 0 Å². The number of carbonyl (C=O) groups is 4. The predicted octanol–water partition coefficient (Wildman–Crippen LogP) is 2.72. The lowest BCUT2D eigenvalue weighted by Crippen LogP contribution is -2.56. The lowest BCUT2D eigenvalue weighted by Gasteiger charge is -2.31. The summed E-state index contributed by atoms with van der Waals surface area (Å²) in [4.78, 5) is 47.8. The number of unbranched alkanes of at least 4 members (excludes halogenated alkanes) is 1. The van der Waals surface area contributed by atoms with Crippen molar-refractivity contribution in [1.29, 1.82) is 0 Å². The van der Waals surface area contributed by atoms with E-state index in [2.05, 4.69) is 0 Å². The first-order valence-electron chi connectivity index (χ1n) is 11.0. The number of hydrogen-bond donors (Lipinski definition) is 0. The van der Waals surface area contributed by atoms with Crippen molar-refractivity contribution in [2.24, 2.45) is 0 Å². The van der Waals surface area contributed by atoms with Gasteiger partial charge in [0, 0.05) is 50.2 Å². The van der Waals surface area contributed by atoms with Crippen LogP contribution in [0, 0.1) is 0 Å². The molecule has 0 fully saturated rings. The molecule has 0 aliphatic heterocycles. The van der Waals surface area contributed by atoms with Gasteiger partial charge in [-0.05, 0) is 12.8 Å². The lowest BCUT2D eigenvalue weighted by molar-refractivity contribution is -0.140. The van der Waals surface area contributed by atoms with Gasteiger partial charge in [-0.2, -0.15) is 0 Å². The van der Waals surface area contributed by atoms with Crippen LogP contribution in [0.5, 0.6) is 0 Å². The summed E-state index contributed by atoms with van der Waals surface area (Å²) in [5, 5.41) is 1.32. The first-order chi connectivity index (χ1) is 16.1. The van der Waals surface area contributed by atoms with Gasteiger partial charge in [-0.15, -0.1) is 0 Å². The Balaban J connectivity index is 2.31. The molecule has 0 N–H and O–H groups in total. The third-order valence-corrected chi connectivity index (χ3v) is 11.8. The van der Waals surface area contributed by atoms with Gasteiger partial charge in [0.1, 0.15) is 0 Å². The number of hydrogen-bond acceptors (Lipinski definition) is 8. The zero-order valence-electron chi connectivity index (χ0n) is 19.9. The highest BCUT2D eigenvalue weighted by Gasteiger charge is 2.48. The normalized spacial score (nSPS) is 11.3. The number of carbonyl (C=O) groups excluding carboxylic acids is 4. The van der Waals surface area contributed by atoms with Crippen LogP contribution >= 0.6 is 0 Å². The highest BCUT2D eigenvalue weighted by molar-refractivity contribution is 6.84. The van der Waals surface area contributed by atoms with Crippen LogP contribution in [0.25, 0.3) is 0 Å². The van der Waals surface area contributed by atoms with Gasteiger partial charge in [-0.25, -0.2) is 0 Å². The summed E-state index contributed by atoms with van der Waals surface area (Å²) in [6.07, 6.45) is 0.956. The van der Waals surface area contributed by atoms with E-state index in [0.717, 1.165) is 0 Å². The molecule has 2 aromatic rings. The highest BCUT2D eigenvalue weighted by atomic mass is 28.4. The van der Waals surface area contributed by atoms with Crippen LogP contribution < -0.4 is 10.4 Å². The fourth-order valence-corrected chi connectivity index (χ4v) is 10.0. The average Bonchev–Trinajstić information content (AvgIpc) is 2.76. The van der Waals surface area contributed by atoms with Gasteiger partial charge in [0.2, 0.25) is 0 Å². The first kappa shape index (κ1) is 27.0. The van der Waals surface area contributed by atoms with Crippen molar-refractivity contribution in [3.05, 3.63) is 60.7 Å².